The normalized spacial score (nSPS) is 14.4. The van der Waals surface area contributed by atoms with E-state index in [0.29, 0.717) is 0 Å². The number of hydrogen-bond acceptors (Lipinski definition) is 4. The fourth-order valence-corrected chi connectivity index (χ4v) is 0.484. The van der Waals surface area contributed by atoms with Gasteiger partial charge in [0.2, 0.25) is 6.29 Å². The Morgan fingerprint density at radius 2 is 1.92 bits per heavy atom. The summed E-state index contributed by atoms with van der Waals surface area (Å²) in [6, 6.07) is 0. The highest BCUT2D eigenvalue weighted by Gasteiger charge is 2.30. The standard InChI is InChI=1S/C9H18O4/c1-6(2)7(11)13-8(12)9(3,4)5-10/h6,8,10,12H,5H2,1-4H3. The minimum Gasteiger partial charge on any atom is -0.435 e. The Morgan fingerprint density at radius 1 is 1.46 bits per heavy atom. The number of ether oxygens (including phenoxy) is 1. The molecule has 0 radical (unpaired) electrons. The molecule has 0 aromatic rings. The minimum absolute atomic E-state index is 0.237. The molecule has 0 spiro atoms. The minimum atomic E-state index is -1.26. The fraction of sp³-hybridized carbons (Fsp3) is 0.889. The second-order valence-electron chi connectivity index (χ2n) is 4.09. The second kappa shape index (κ2) is 4.58. The van der Waals surface area contributed by atoms with Gasteiger partial charge < -0.3 is 14.9 Å². The molecule has 0 fully saturated rings. The first-order valence-corrected chi connectivity index (χ1v) is 4.30. The molecule has 0 rings (SSSR count). The van der Waals surface area contributed by atoms with E-state index < -0.39 is 17.7 Å². The van der Waals surface area contributed by atoms with Crippen molar-refractivity contribution in [3.8, 4) is 0 Å². The van der Waals surface area contributed by atoms with Gasteiger partial charge >= 0.3 is 5.97 Å². The van der Waals surface area contributed by atoms with Crippen LogP contribution in [0.15, 0.2) is 0 Å². The van der Waals surface area contributed by atoms with Crippen LogP contribution in [0.4, 0.5) is 0 Å². The van der Waals surface area contributed by atoms with Gasteiger partial charge in [-0.1, -0.05) is 27.7 Å². The summed E-state index contributed by atoms with van der Waals surface area (Å²) in [6.07, 6.45) is -1.26. The third-order valence-corrected chi connectivity index (χ3v) is 1.78. The van der Waals surface area contributed by atoms with Gasteiger partial charge in [0, 0.05) is 0 Å². The van der Waals surface area contributed by atoms with Gasteiger partial charge in [0.15, 0.2) is 0 Å². The van der Waals surface area contributed by atoms with Crippen molar-refractivity contribution in [1.29, 1.82) is 0 Å². The predicted molar refractivity (Wildman–Crippen MR) is 47.8 cm³/mol. The lowest BCUT2D eigenvalue weighted by Gasteiger charge is -2.27. The van der Waals surface area contributed by atoms with Crippen LogP contribution in [0.5, 0.6) is 0 Å². The molecule has 4 nitrogen and oxygen atoms in total. The van der Waals surface area contributed by atoms with Gasteiger partial charge in [-0.25, -0.2) is 0 Å². The Bertz CT molecular complexity index is 174. The van der Waals surface area contributed by atoms with Crippen molar-refractivity contribution in [1.82, 2.24) is 0 Å². The average molecular weight is 190 g/mol. The SMILES string of the molecule is CC(C)C(=O)OC(O)C(C)(C)CO. The number of aliphatic hydroxyl groups is 2. The zero-order valence-electron chi connectivity index (χ0n) is 8.57. The summed E-state index contributed by atoms with van der Waals surface area (Å²) >= 11 is 0. The number of rotatable bonds is 4. The number of carbonyl (C=O) groups excluding carboxylic acids is 1. The van der Waals surface area contributed by atoms with Crippen LogP contribution in [0.1, 0.15) is 27.7 Å². The summed E-state index contributed by atoms with van der Waals surface area (Å²) in [6.45, 7) is 6.36. The van der Waals surface area contributed by atoms with E-state index in [1.807, 2.05) is 0 Å². The third kappa shape index (κ3) is 3.74. The lowest BCUT2D eigenvalue weighted by Crippen LogP contribution is -2.37. The van der Waals surface area contributed by atoms with Crippen molar-refractivity contribution < 1.29 is 19.7 Å². The maximum atomic E-state index is 11.1. The van der Waals surface area contributed by atoms with Crippen LogP contribution in [-0.4, -0.2) is 29.1 Å². The summed E-state index contributed by atoms with van der Waals surface area (Å²) in [5.74, 6) is -0.738. The Balaban J connectivity index is 4.15. The van der Waals surface area contributed by atoms with Gasteiger partial charge in [0.25, 0.3) is 0 Å². The molecule has 0 aromatic heterocycles. The van der Waals surface area contributed by atoms with Crippen LogP contribution >= 0.6 is 0 Å². The highest BCUT2D eigenvalue weighted by atomic mass is 16.6. The van der Waals surface area contributed by atoms with Gasteiger partial charge in [0.1, 0.15) is 0 Å². The summed E-state index contributed by atoms with van der Waals surface area (Å²) in [5, 5.41) is 18.3. The van der Waals surface area contributed by atoms with Crippen molar-refractivity contribution in [3.05, 3.63) is 0 Å². The summed E-state index contributed by atoms with van der Waals surface area (Å²) in [7, 11) is 0. The first-order valence-electron chi connectivity index (χ1n) is 4.30. The molecule has 0 bridgehead atoms. The van der Waals surface area contributed by atoms with Crippen molar-refractivity contribution in [2.45, 2.75) is 34.0 Å². The van der Waals surface area contributed by atoms with Crippen LogP contribution < -0.4 is 0 Å². The summed E-state index contributed by atoms with van der Waals surface area (Å²) in [4.78, 5) is 11.1. The first kappa shape index (κ1) is 12.4. The molecule has 0 saturated carbocycles. The van der Waals surface area contributed by atoms with Crippen LogP contribution in [0.25, 0.3) is 0 Å². The molecule has 0 heterocycles. The van der Waals surface area contributed by atoms with E-state index in [1.54, 1.807) is 27.7 Å². The Morgan fingerprint density at radius 3 is 2.23 bits per heavy atom. The van der Waals surface area contributed by atoms with Crippen LogP contribution in [0, 0.1) is 11.3 Å². The molecule has 1 unspecified atom stereocenters. The van der Waals surface area contributed by atoms with Gasteiger partial charge in [0.05, 0.1) is 17.9 Å². The topological polar surface area (TPSA) is 66.8 Å². The van der Waals surface area contributed by atoms with E-state index in [9.17, 15) is 9.90 Å². The van der Waals surface area contributed by atoms with Gasteiger partial charge in [-0.05, 0) is 0 Å². The molecule has 0 aliphatic carbocycles. The summed E-state index contributed by atoms with van der Waals surface area (Å²) < 4.78 is 4.72. The Kier molecular flexibility index (Phi) is 4.36. The lowest BCUT2D eigenvalue weighted by atomic mass is 9.94. The Labute approximate surface area is 78.5 Å². The maximum absolute atomic E-state index is 11.1. The van der Waals surface area contributed by atoms with Crippen molar-refractivity contribution in [2.75, 3.05) is 6.61 Å². The van der Waals surface area contributed by atoms with Crippen molar-refractivity contribution in [2.24, 2.45) is 11.3 Å². The molecule has 0 aliphatic heterocycles. The number of hydrogen-bond donors (Lipinski definition) is 2. The molecular formula is C9H18O4. The zero-order valence-corrected chi connectivity index (χ0v) is 8.57. The highest BCUT2D eigenvalue weighted by Crippen LogP contribution is 2.21. The first-order chi connectivity index (χ1) is 5.81. The average Bonchev–Trinajstić information content (AvgIpc) is 2.04. The maximum Gasteiger partial charge on any atom is 0.310 e. The molecular weight excluding hydrogens is 172 g/mol. The zero-order chi connectivity index (χ0) is 10.6. The Hall–Kier alpha value is -0.610. The van der Waals surface area contributed by atoms with E-state index in [2.05, 4.69) is 0 Å². The molecule has 1 atom stereocenters. The van der Waals surface area contributed by atoms with E-state index in [-0.39, 0.29) is 12.5 Å². The molecule has 4 heteroatoms. The predicted octanol–water partition coefficient (Wildman–Crippen LogP) is 0.522. The van der Waals surface area contributed by atoms with E-state index in [1.165, 1.54) is 0 Å². The molecule has 0 aliphatic rings. The largest absolute Gasteiger partial charge is 0.435 e. The number of aliphatic hydroxyl groups excluding tert-OH is 2. The van der Waals surface area contributed by atoms with Gasteiger partial charge in [-0.3, -0.25) is 4.79 Å². The second-order valence-corrected chi connectivity index (χ2v) is 4.09. The quantitative estimate of drug-likeness (QED) is 0.501. The van der Waals surface area contributed by atoms with Crippen LogP contribution in [0.2, 0.25) is 0 Å². The van der Waals surface area contributed by atoms with Crippen molar-refractivity contribution >= 4 is 5.97 Å². The molecule has 78 valence electrons. The smallest absolute Gasteiger partial charge is 0.310 e. The van der Waals surface area contributed by atoms with Gasteiger partial charge in [-0.15, -0.1) is 0 Å². The van der Waals surface area contributed by atoms with E-state index in [4.69, 9.17) is 9.84 Å². The number of carbonyl (C=O) groups is 1. The van der Waals surface area contributed by atoms with E-state index >= 15 is 0 Å². The summed E-state index contributed by atoms with van der Waals surface area (Å²) in [5.41, 5.74) is -0.815. The molecule has 2 N–H and O–H groups in total. The lowest BCUT2D eigenvalue weighted by molar-refractivity contribution is -0.196. The number of esters is 1. The fourth-order valence-electron chi connectivity index (χ4n) is 0.484. The molecule has 0 aromatic carbocycles. The third-order valence-electron chi connectivity index (χ3n) is 1.78. The highest BCUT2D eigenvalue weighted by molar-refractivity contribution is 5.71. The monoisotopic (exact) mass is 190 g/mol. The van der Waals surface area contributed by atoms with E-state index in [0.717, 1.165) is 0 Å². The molecule has 0 saturated heterocycles. The van der Waals surface area contributed by atoms with Crippen LogP contribution in [-0.2, 0) is 9.53 Å². The van der Waals surface area contributed by atoms with Crippen LogP contribution in [0.3, 0.4) is 0 Å². The molecule has 13 heavy (non-hydrogen) atoms. The van der Waals surface area contributed by atoms with Crippen molar-refractivity contribution in [3.63, 3.8) is 0 Å². The van der Waals surface area contributed by atoms with Gasteiger partial charge in [-0.2, -0.15) is 0 Å². The molecule has 0 amide bonds.